The number of phenols is 1. The lowest BCUT2D eigenvalue weighted by Crippen LogP contribution is -2.18. The van der Waals surface area contributed by atoms with E-state index in [0.29, 0.717) is 5.75 Å². The highest BCUT2D eigenvalue weighted by Gasteiger charge is 2.26. The normalized spacial score (nSPS) is 12.3. The molecular weight excluding hydrogens is 294 g/mol. The first-order valence-corrected chi connectivity index (χ1v) is 8.66. The summed E-state index contributed by atoms with van der Waals surface area (Å²) in [4.78, 5) is 0. The Bertz CT molecular complexity index is 682. The van der Waals surface area contributed by atoms with Gasteiger partial charge in [0.2, 0.25) is 0 Å². The standard InChI is InChI=1S/C22H31NO/c1-15-9-8-10-16(11-15)14-23-17-12-18(21(2,3)4)20(24)19(13-17)22(5,6)7/h8-13,23-24H,14H2,1-7H3. The van der Waals surface area contributed by atoms with Gasteiger partial charge in [0, 0.05) is 23.4 Å². The predicted octanol–water partition coefficient (Wildman–Crippen LogP) is 5.91. The Morgan fingerprint density at radius 2 is 1.42 bits per heavy atom. The average Bonchev–Trinajstić information content (AvgIpc) is 2.43. The summed E-state index contributed by atoms with van der Waals surface area (Å²) < 4.78 is 0. The molecule has 2 N–H and O–H groups in total. The molecular formula is C22H31NO. The first-order chi connectivity index (χ1) is 11.0. The Kier molecular flexibility index (Phi) is 4.98. The summed E-state index contributed by atoms with van der Waals surface area (Å²) in [6.07, 6.45) is 0. The number of anilines is 1. The van der Waals surface area contributed by atoms with E-state index in [9.17, 15) is 5.11 Å². The van der Waals surface area contributed by atoms with Gasteiger partial charge in [-0.25, -0.2) is 0 Å². The number of aryl methyl sites for hydroxylation is 1. The van der Waals surface area contributed by atoms with Crippen LogP contribution in [0.5, 0.6) is 5.75 Å². The molecule has 2 aromatic rings. The molecule has 0 radical (unpaired) electrons. The van der Waals surface area contributed by atoms with E-state index >= 15 is 0 Å². The summed E-state index contributed by atoms with van der Waals surface area (Å²) in [5.41, 5.74) is 5.35. The molecule has 0 heterocycles. The van der Waals surface area contributed by atoms with Gasteiger partial charge < -0.3 is 10.4 Å². The Morgan fingerprint density at radius 3 is 1.88 bits per heavy atom. The van der Waals surface area contributed by atoms with Crippen molar-refractivity contribution in [1.82, 2.24) is 0 Å². The van der Waals surface area contributed by atoms with Crippen molar-refractivity contribution in [3.63, 3.8) is 0 Å². The van der Waals surface area contributed by atoms with Crippen molar-refractivity contribution >= 4 is 5.69 Å². The van der Waals surface area contributed by atoms with E-state index in [2.05, 4.69) is 90.2 Å². The fourth-order valence-electron chi connectivity index (χ4n) is 2.91. The highest BCUT2D eigenvalue weighted by Crippen LogP contribution is 2.41. The third-order valence-electron chi connectivity index (χ3n) is 4.31. The second-order valence-electron chi connectivity index (χ2n) is 8.76. The molecule has 2 heteroatoms. The van der Waals surface area contributed by atoms with Crippen LogP contribution in [0.2, 0.25) is 0 Å². The highest BCUT2D eigenvalue weighted by atomic mass is 16.3. The first kappa shape index (κ1) is 18.4. The molecule has 2 nitrogen and oxygen atoms in total. The van der Waals surface area contributed by atoms with Gasteiger partial charge in [0.1, 0.15) is 5.75 Å². The van der Waals surface area contributed by atoms with Crippen LogP contribution in [-0.2, 0) is 17.4 Å². The Hall–Kier alpha value is -1.96. The quantitative estimate of drug-likeness (QED) is 0.688. The molecule has 0 bridgehead atoms. The summed E-state index contributed by atoms with van der Waals surface area (Å²) in [5.74, 6) is 0.427. The van der Waals surface area contributed by atoms with Crippen molar-refractivity contribution in [2.75, 3.05) is 5.32 Å². The number of benzene rings is 2. The van der Waals surface area contributed by atoms with E-state index in [4.69, 9.17) is 0 Å². The van der Waals surface area contributed by atoms with Gasteiger partial charge in [0.15, 0.2) is 0 Å². The van der Waals surface area contributed by atoms with Crippen LogP contribution >= 0.6 is 0 Å². The molecule has 130 valence electrons. The van der Waals surface area contributed by atoms with Gasteiger partial charge in [0.05, 0.1) is 0 Å². The van der Waals surface area contributed by atoms with Crippen LogP contribution in [0.4, 0.5) is 5.69 Å². The Labute approximate surface area is 146 Å². The summed E-state index contributed by atoms with van der Waals surface area (Å²) in [7, 11) is 0. The van der Waals surface area contributed by atoms with Crippen molar-refractivity contribution in [2.45, 2.75) is 65.8 Å². The van der Waals surface area contributed by atoms with Crippen molar-refractivity contribution in [3.8, 4) is 5.75 Å². The third-order valence-corrected chi connectivity index (χ3v) is 4.31. The molecule has 2 rings (SSSR count). The van der Waals surface area contributed by atoms with Gasteiger partial charge in [0.25, 0.3) is 0 Å². The van der Waals surface area contributed by atoms with Crippen LogP contribution in [0.25, 0.3) is 0 Å². The number of hydrogen-bond acceptors (Lipinski definition) is 2. The highest BCUT2D eigenvalue weighted by molar-refractivity contribution is 5.59. The number of rotatable bonds is 3. The molecule has 0 aliphatic rings. The van der Waals surface area contributed by atoms with E-state index in [-0.39, 0.29) is 10.8 Å². The maximum Gasteiger partial charge on any atom is 0.123 e. The fraction of sp³-hybridized carbons (Fsp3) is 0.455. The van der Waals surface area contributed by atoms with Crippen LogP contribution in [-0.4, -0.2) is 5.11 Å². The number of phenolic OH excluding ortho intramolecular Hbond substituents is 1. The van der Waals surface area contributed by atoms with Gasteiger partial charge in [-0.1, -0.05) is 71.4 Å². The van der Waals surface area contributed by atoms with Crippen LogP contribution < -0.4 is 5.32 Å². The zero-order valence-electron chi connectivity index (χ0n) is 16.1. The van der Waals surface area contributed by atoms with E-state index < -0.39 is 0 Å². The summed E-state index contributed by atoms with van der Waals surface area (Å²) in [5, 5.41) is 14.3. The Balaban J connectivity index is 2.39. The van der Waals surface area contributed by atoms with E-state index in [1.165, 1.54) is 11.1 Å². The van der Waals surface area contributed by atoms with E-state index in [1.807, 2.05) is 0 Å². The maximum absolute atomic E-state index is 10.8. The molecule has 24 heavy (non-hydrogen) atoms. The van der Waals surface area contributed by atoms with Crippen molar-refractivity contribution in [2.24, 2.45) is 0 Å². The first-order valence-electron chi connectivity index (χ1n) is 8.66. The van der Waals surface area contributed by atoms with Crippen LogP contribution in [0.1, 0.15) is 63.8 Å². The molecule has 0 aliphatic heterocycles. The van der Waals surface area contributed by atoms with E-state index in [0.717, 1.165) is 23.4 Å². The van der Waals surface area contributed by atoms with Gasteiger partial charge in [-0.2, -0.15) is 0 Å². The van der Waals surface area contributed by atoms with Gasteiger partial charge in [-0.05, 0) is 35.4 Å². The molecule has 0 saturated heterocycles. The number of nitrogens with one attached hydrogen (secondary N) is 1. The summed E-state index contributed by atoms with van der Waals surface area (Å²) in [6, 6.07) is 12.7. The monoisotopic (exact) mass is 325 g/mol. The molecule has 0 aromatic heterocycles. The minimum absolute atomic E-state index is 0.106. The average molecular weight is 325 g/mol. The molecule has 0 aliphatic carbocycles. The minimum atomic E-state index is -0.106. The topological polar surface area (TPSA) is 32.3 Å². The third kappa shape index (κ3) is 4.31. The van der Waals surface area contributed by atoms with Gasteiger partial charge in [-0.3, -0.25) is 0 Å². The lowest BCUT2D eigenvalue weighted by molar-refractivity contribution is 0.423. The lowest BCUT2D eigenvalue weighted by Gasteiger charge is -2.28. The zero-order chi connectivity index (χ0) is 18.1. The summed E-state index contributed by atoms with van der Waals surface area (Å²) >= 11 is 0. The Morgan fingerprint density at radius 1 is 0.875 bits per heavy atom. The van der Waals surface area contributed by atoms with E-state index in [1.54, 1.807) is 0 Å². The summed E-state index contributed by atoms with van der Waals surface area (Å²) in [6.45, 7) is 15.7. The second-order valence-corrected chi connectivity index (χ2v) is 8.76. The molecule has 0 amide bonds. The SMILES string of the molecule is Cc1cccc(CNc2cc(C(C)(C)C)c(O)c(C(C)(C)C)c2)c1. The predicted molar refractivity (Wildman–Crippen MR) is 104 cm³/mol. The fourth-order valence-corrected chi connectivity index (χ4v) is 2.91. The zero-order valence-corrected chi connectivity index (χ0v) is 16.1. The molecule has 0 fully saturated rings. The van der Waals surface area contributed by atoms with Crippen molar-refractivity contribution in [1.29, 1.82) is 0 Å². The maximum atomic E-state index is 10.8. The molecule has 0 saturated carbocycles. The molecule has 0 spiro atoms. The largest absolute Gasteiger partial charge is 0.507 e. The molecule has 2 aromatic carbocycles. The molecule has 0 unspecified atom stereocenters. The number of aromatic hydroxyl groups is 1. The van der Waals surface area contributed by atoms with Crippen molar-refractivity contribution < 1.29 is 5.11 Å². The molecule has 0 atom stereocenters. The van der Waals surface area contributed by atoms with Crippen LogP contribution in [0.3, 0.4) is 0 Å². The second kappa shape index (κ2) is 6.51. The number of hydrogen-bond donors (Lipinski definition) is 2. The van der Waals surface area contributed by atoms with Crippen molar-refractivity contribution in [3.05, 3.63) is 58.7 Å². The smallest absolute Gasteiger partial charge is 0.123 e. The lowest BCUT2D eigenvalue weighted by atomic mass is 9.79. The minimum Gasteiger partial charge on any atom is -0.507 e. The van der Waals surface area contributed by atoms with Gasteiger partial charge in [-0.15, -0.1) is 0 Å². The van der Waals surface area contributed by atoms with Gasteiger partial charge >= 0.3 is 0 Å². The van der Waals surface area contributed by atoms with Crippen LogP contribution in [0, 0.1) is 6.92 Å². The van der Waals surface area contributed by atoms with Crippen LogP contribution in [0.15, 0.2) is 36.4 Å².